The van der Waals surface area contributed by atoms with E-state index in [2.05, 4.69) is 15.3 Å². The summed E-state index contributed by atoms with van der Waals surface area (Å²) >= 11 is 0. The second-order valence-corrected chi connectivity index (χ2v) is 4.71. The van der Waals surface area contributed by atoms with Crippen LogP contribution in [0.15, 0.2) is 42.7 Å². The van der Waals surface area contributed by atoms with Crippen molar-refractivity contribution in [3.63, 3.8) is 0 Å². The highest BCUT2D eigenvalue weighted by Crippen LogP contribution is 2.04. The maximum Gasteiger partial charge on any atom is 0.356 e. The lowest BCUT2D eigenvalue weighted by molar-refractivity contribution is -0.119. The van der Waals surface area contributed by atoms with Crippen molar-refractivity contribution in [1.29, 1.82) is 0 Å². The number of benzene rings is 1. The SMILES string of the molecule is NC(=O)C(Cc1ccccc1)NC(=O)c1cnc(C(=O)O)cn1. The van der Waals surface area contributed by atoms with Crippen molar-refractivity contribution in [1.82, 2.24) is 15.3 Å². The van der Waals surface area contributed by atoms with Gasteiger partial charge in [-0.3, -0.25) is 9.59 Å². The molecular weight excluding hydrogens is 300 g/mol. The standard InChI is InChI=1S/C15H14N4O4/c16-13(20)10(6-9-4-2-1-3-5-9)19-14(21)11-7-18-12(8-17-11)15(22)23/h1-5,7-8,10H,6H2,(H2,16,20)(H,19,21)(H,22,23). The van der Waals surface area contributed by atoms with Crippen molar-refractivity contribution in [3.8, 4) is 0 Å². The number of aromatic carboxylic acids is 1. The van der Waals surface area contributed by atoms with E-state index in [9.17, 15) is 14.4 Å². The molecule has 118 valence electrons. The zero-order valence-corrected chi connectivity index (χ0v) is 12.0. The van der Waals surface area contributed by atoms with E-state index in [4.69, 9.17) is 10.8 Å². The number of aromatic nitrogens is 2. The van der Waals surface area contributed by atoms with Gasteiger partial charge in [-0.2, -0.15) is 0 Å². The van der Waals surface area contributed by atoms with Gasteiger partial charge in [-0.25, -0.2) is 14.8 Å². The molecule has 2 aromatic rings. The molecule has 1 unspecified atom stereocenters. The normalized spacial score (nSPS) is 11.5. The number of amides is 2. The average molecular weight is 314 g/mol. The quantitative estimate of drug-likeness (QED) is 0.687. The molecule has 8 heteroatoms. The van der Waals surface area contributed by atoms with Gasteiger partial charge in [0, 0.05) is 6.42 Å². The molecule has 0 bridgehead atoms. The van der Waals surface area contributed by atoms with Crippen LogP contribution < -0.4 is 11.1 Å². The van der Waals surface area contributed by atoms with Gasteiger partial charge in [-0.1, -0.05) is 30.3 Å². The first-order valence-corrected chi connectivity index (χ1v) is 6.67. The number of carbonyl (C=O) groups excluding carboxylic acids is 2. The van der Waals surface area contributed by atoms with Crippen molar-refractivity contribution in [2.75, 3.05) is 0 Å². The zero-order chi connectivity index (χ0) is 16.8. The van der Waals surface area contributed by atoms with Crippen molar-refractivity contribution >= 4 is 17.8 Å². The molecule has 0 saturated heterocycles. The molecule has 4 N–H and O–H groups in total. The van der Waals surface area contributed by atoms with Crippen LogP contribution in [-0.2, 0) is 11.2 Å². The topological polar surface area (TPSA) is 135 Å². The number of primary amides is 1. The van der Waals surface area contributed by atoms with Gasteiger partial charge in [0.15, 0.2) is 5.69 Å². The van der Waals surface area contributed by atoms with Gasteiger partial charge in [0.2, 0.25) is 5.91 Å². The predicted octanol–water partition coefficient (Wildman–Crippen LogP) is 0.00120. The molecule has 2 amide bonds. The van der Waals surface area contributed by atoms with E-state index >= 15 is 0 Å². The van der Waals surface area contributed by atoms with E-state index in [0.29, 0.717) is 0 Å². The highest BCUT2D eigenvalue weighted by atomic mass is 16.4. The van der Waals surface area contributed by atoms with E-state index in [-0.39, 0.29) is 17.8 Å². The molecule has 0 radical (unpaired) electrons. The predicted molar refractivity (Wildman–Crippen MR) is 79.6 cm³/mol. The van der Waals surface area contributed by atoms with Crippen LogP contribution in [0.5, 0.6) is 0 Å². The summed E-state index contributed by atoms with van der Waals surface area (Å²) in [6, 6.07) is 8.16. The summed E-state index contributed by atoms with van der Waals surface area (Å²) in [4.78, 5) is 41.6. The van der Waals surface area contributed by atoms with E-state index < -0.39 is 23.8 Å². The minimum absolute atomic E-state index is 0.102. The molecule has 8 nitrogen and oxygen atoms in total. The fraction of sp³-hybridized carbons (Fsp3) is 0.133. The van der Waals surface area contributed by atoms with Crippen LogP contribution in [0.2, 0.25) is 0 Å². The van der Waals surface area contributed by atoms with Gasteiger partial charge in [-0.15, -0.1) is 0 Å². The maximum atomic E-state index is 12.1. The summed E-state index contributed by atoms with van der Waals surface area (Å²) in [5.74, 6) is -2.59. The summed E-state index contributed by atoms with van der Waals surface area (Å²) in [7, 11) is 0. The van der Waals surface area contributed by atoms with E-state index in [0.717, 1.165) is 18.0 Å². The molecule has 1 aromatic carbocycles. The number of rotatable bonds is 6. The van der Waals surface area contributed by atoms with Gasteiger partial charge in [0.25, 0.3) is 5.91 Å². The Morgan fingerprint density at radius 2 is 1.70 bits per heavy atom. The average Bonchev–Trinajstić information content (AvgIpc) is 2.55. The molecule has 0 saturated carbocycles. The summed E-state index contributed by atoms with van der Waals surface area (Å²) in [5, 5.41) is 11.2. The third-order valence-corrected chi connectivity index (χ3v) is 3.04. The molecule has 2 rings (SSSR count). The Hall–Kier alpha value is -3.29. The fourth-order valence-corrected chi connectivity index (χ4v) is 1.86. The van der Waals surface area contributed by atoms with Gasteiger partial charge in [-0.05, 0) is 5.56 Å². The van der Waals surface area contributed by atoms with Crippen molar-refractivity contribution < 1.29 is 19.5 Å². The highest BCUT2D eigenvalue weighted by Gasteiger charge is 2.20. The lowest BCUT2D eigenvalue weighted by atomic mass is 10.1. The number of hydrogen-bond donors (Lipinski definition) is 3. The summed E-state index contributed by atoms with van der Waals surface area (Å²) in [5.41, 5.74) is 5.76. The van der Waals surface area contributed by atoms with Gasteiger partial charge in [0.05, 0.1) is 12.4 Å². The molecule has 0 fully saturated rings. The smallest absolute Gasteiger partial charge is 0.356 e. The van der Waals surface area contributed by atoms with Crippen LogP contribution in [0.4, 0.5) is 0 Å². The number of nitrogens with one attached hydrogen (secondary N) is 1. The third-order valence-electron chi connectivity index (χ3n) is 3.04. The van der Waals surface area contributed by atoms with E-state index in [1.807, 2.05) is 30.3 Å². The molecule has 0 aliphatic heterocycles. The summed E-state index contributed by atoms with van der Waals surface area (Å²) in [6.45, 7) is 0. The molecule has 1 aromatic heterocycles. The molecule has 0 aliphatic rings. The molecule has 1 heterocycles. The molecule has 23 heavy (non-hydrogen) atoms. The number of carboxylic acids is 1. The van der Waals surface area contributed by atoms with Crippen LogP contribution in [0, 0.1) is 0 Å². The van der Waals surface area contributed by atoms with Crippen molar-refractivity contribution in [3.05, 3.63) is 59.7 Å². The number of nitrogens with zero attached hydrogens (tertiary/aromatic N) is 2. The van der Waals surface area contributed by atoms with E-state index in [1.54, 1.807) is 0 Å². The van der Waals surface area contributed by atoms with Crippen LogP contribution in [0.3, 0.4) is 0 Å². The first-order chi connectivity index (χ1) is 11.0. The largest absolute Gasteiger partial charge is 0.476 e. The third kappa shape index (κ3) is 4.34. The van der Waals surface area contributed by atoms with E-state index in [1.165, 1.54) is 0 Å². The Balaban J connectivity index is 2.08. The Morgan fingerprint density at radius 3 is 2.22 bits per heavy atom. The lowest BCUT2D eigenvalue weighted by Crippen LogP contribution is -2.46. The Bertz CT molecular complexity index is 716. The Labute approximate surface area is 131 Å². The molecular formula is C15H14N4O4. The van der Waals surface area contributed by atoms with Crippen LogP contribution in [0.25, 0.3) is 0 Å². The monoisotopic (exact) mass is 314 g/mol. The summed E-state index contributed by atoms with van der Waals surface area (Å²) < 4.78 is 0. The van der Waals surface area contributed by atoms with Crippen LogP contribution in [0.1, 0.15) is 26.5 Å². The van der Waals surface area contributed by atoms with Crippen molar-refractivity contribution in [2.45, 2.75) is 12.5 Å². The number of carboxylic acid groups (broad SMARTS) is 1. The van der Waals surface area contributed by atoms with Crippen LogP contribution in [-0.4, -0.2) is 38.9 Å². The number of hydrogen-bond acceptors (Lipinski definition) is 5. The molecule has 1 atom stereocenters. The number of nitrogens with two attached hydrogens (primary N) is 1. The minimum Gasteiger partial charge on any atom is -0.476 e. The highest BCUT2D eigenvalue weighted by molar-refractivity contribution is 5.96. The first kappa shape index (κ1) is 16.1. The second kappa shape index (κ2) is 7.12. The van der Waals surface area contributed by atoms with Crippen LogP contribution >= 0.6 is 0 Å². The van der Waals surface area contributed by atoms with Gasteiger partial charge in [0.1, 0.15) is 11.7 Å². The van der Waals surface area contributed by atoms with Gasteiger partial charge >= 0.3 is 5.97 Å². The minimum atomic E-state index is -1.25. The Morgan fingerprint density at radius 1 is 1.09 bits per heavy atom. The first-order valence-electron chi connectivity index (χ1n) is 6.67. The second-order valence-electron chi connectivity index (χ2n) is 4.71. The zero-order valence-electron chi connectivity index (χ0n) is 12.0. The number of carbonyl (C=O) groups is 3. The van der Waals surface area contributed by atoms with Crippen molar-refractivity contribution in [2.24, 2.45) is 5.73 Å². The lowest BCUT2D eigenvalue weighted by Gasteiger charge is -2.15. The Kier molecular flexibility index (Phi) is 4.98. The fourth-order valence-electron chi connectivity index (χ4n) is 1.86. The molecule has 0 spiro atoms. The maximum absolute atomic E-state index is 12.1. The van der Waals surface area contributed by atoms with Gasteiger partial charge < -0.3 is 16.2 Å². The summed E-state index contributed by atoms with van der Waals surface area (Å²) in [6.07, 6.45) is 2.23. The molecule has 0 aliphatic carbocycles.